The summed E-state index contributed by atoms with van der Waals surface area (Å²) < 4.78 is 5.77. The zero-order valence-electron chi connectivity index (χ0n) is 21.4. The monoisotopic (exact) mass is 476 g/mol. The van der Waals surface area contributed by atoms with Crippen LogP contribution in [0.1, 0.15) is 121 Å². The molecule has 188 valence electrons. The highest BCUT2D eigenvalue weighted by molar-refractivity contribution is 7.80. The van der Waals surface area contributed by atoms with Gasteiger partial charge in [-0.2, -0.15) is 0 Å². The molecule has 0 unspecified atom stereocenters. The summed E-state index contributed by atoms with van der Waals surface area (Å²) in [6.07, 6.45) is 18.8. The predicted molar refractivity (Wildman–Crippen MR) is 145 cm³/mol. The number of rotatable bonds is 19. The molecule has 0 aliphatic carbocycles. The lowest BCUT2D eigenvalue weighted by Gasteiger charge is -2.14. The SMILES string of the molecule is CCCCCCCCCCCCCCCCNC(=S)NC(=O)c1ccccc1OCC(C)C. The van der Waals surface area contributed by atoms with E-state index in [0.717, 1.165) is 13.0 Å². The number of carbonyl (C=O) groups excluding carboxylic acids is 1. The van der Waals surface area contributed by atoms with Crippen molar-refractivity contribution < 1.29 is 9.53 Å². The number of carbonyl (C=O) groups is 1. The van der Waals surface area contributed by atoms with Crippen molar-refractivity contribution in [3.8, 4) is 5.75 Å². The Morgan fingerprint density at radius 3 is 1.91 bits per heavy atom. The quantitative estimate of drug-likeness (QED) is 0.158. The molecule has 0 radical (unpaired) electrons. The highest BCUT2D eigenvalue weighted by Gasteiger charge is 2.13. The minimum absolute atomic E-state index is 0.229. The Bertz CT molecular complexity index is 649. The van der Waals surface area contributed by atoms with Crippen LogP contribution in [0.15, 0.2) is 24.3 Å². The predicted octanol–water partition coefficient (Wildman–Crippen LogP) is 7.81. The summed E-state index contributed by atoms with van der Waals surface area (Å²) in [6, 6.07) is 7.30. The maximum atomic E-state index is 12.6. The average Bonchev–Trinajstić information content (AvgIpc) is 2.80. The van der Waals surface area contributed by atoms with Gasteiger partial charge in [-0.3, -0.25) is 10.1 Å². The van der Waals surface area contributed by atoms with E-state index < -0.39 is 0 Å². The molecule has 1 aromatic rings. The van der Waals surface area contributed by atoms with Gasteiger partial charge in [0.1, 0.15) is 5.75 Å². The molecule has 0 heterocycles. The van der Waals surface area contributed by atoms with Gasteiger partial charge in [-0.1, -0.05) is 116 Å². The lowest BCUT2D eigenvalue weighted by Crippen LogP contribution is -2.39. The van der Waals surface area contributed by atoms with Crippen molar-refractivity contribution in [1.29, 1.82) is 0 Å². The summed E-state index contributed by atoms with van der Waals surface area (Å²) in [5.74, 6) is 0.764. The third kappa shape index (κ3) is 15.8. The summed E-state index contributed by atoms with van der Waals surface area (Å²) in [6.45, 7) is 7.81. The Morgan fingerprint density at radius 1 is 0.848 bits per heavy atom. The van der Waals surface area contributed by atoms with Crippen molar-refractivity contribution in [2.24, 2.45) is 5.92 Å². The van der Waals surface area contributed by atoms with Gasteiger partial charge in [0, 0.05) is 6.54 Å². The van der Waals surface area contributed by atoms with Crippen LogP contribution in [0.25, 0.3) is 0 Å². The molecule has 0 aliphatic rings. The molecule has 0 saturated heterocycles. The summed E-state index contributed by atoms with van der Waals surface area (Å²) in [4.78, 5) is 12.6. The van der Waals surface area contributed by atoms with E-state index in [-0.39, 0.29) is 5.91 Å². The number of amides is 1. The van der Waals surface area contributed by atoms with E-state index >= 15 is 0 Å². The summed E-state index contributed by atoms with van der Waals surface area (Å²) in [7, 11) is 0. The molecule has 0 spiro atoms. The number of unbranched alkanes of at least 4 members (excludes halogenated alkanes) is 13. The number of thiocarbonyl (C=S) groups is 1. The van der Waals surface area contributed by atoms with Gasteiger partial charge in [-0.05, 0) is 36.7 Å². The van der Waals surface area contributed by atoms with E-state index in [1.807, 2.05) is 18.2 Å². The zero-order valence-corrected chi connectivity index (χ0v) is 22.2. The van der Waals surface area contributed by atoms with Gasteiger partial charge in [-0.25, -0.2) is 0 Å². The number of hydrogen-bond donors (Lipinski definition) is 2. The molecule has 33 heavy (non-hydrogen) atoms. The Hall–Kier alpha value is -1.62. The molecule has 0 bridgehead atoms. The third-order valence-electron chi connectivity index (χ3n) is 5.75. The van der Waals surface area contributed by atoms with Crippen LogP contribution in [-0.4, -0.2) is 24.2 Å². The highest BCUT2D eigenvalue weighted by atomic mass is 32.1. The minimum atomic E-state index is -0.229. The summed E-state index contributed by atoms with van der Waals surface area (Å²) in [5, 5.41) is 6.31. The first-order valence-corrected chi connectivity index (χ1v) is 13.8. The van der Waals surface area contributed by atoms with Crippen molar-refractivity contribution in [2.75, 3.05) is 13.2 Å². The van der Waals surface area contributed by atoms with Crippen LogP contribution in [0.2, 0.25) is 0 Å². The molecular weight excluding hydrogens is 428 g/mol. The first-order valence-electron chi connectivity index (χ1n) is 13.4. The molecule has 2 N–H and O–H groups in total. The minimum Gasteiger partial charge on any atom is -0.492 e. The normalized spacial score (nSPS) is 10.9. The van der Waals surface area contributed by atoms with Gasteiger partial charge < -0.3 is 10.1 Å². The Kier molecular flexibility index (Phi) is 17.7. The van der Waals surface area contributed by atoms with Gasteiger partial charge >= 0.3 is 0 Å². The fourth-order valence-corrected chi connectivity index (χ4v) is 3.97. The van der Waals surface area contributed by atoms with Crippen LogP contribution in [0.5, 0.6) is 5.75 Å². The van der Waals surface area contributed by atoms with Crippen molar-refractivity contribution in [1.82, 2.24) is 10.6 Å². The molecule has 1 amide bonds. The van der Waals surface area contributed by atoms with Crippen molar-refractivity contribution in [3.63, 3.8) is 0 Å². The van der Waals surface area contributed by atoms with Gasteiger partial charge in [0.2, 0.25) is 0 Å². The average molecular weight is 477 g/mol. The maximum Gasteiger partial charge on any atom is 0.261 e. The van der Waals surface area contributed by atoms with Gasteiger partial charge in [0.25, 0.3) is 5.91 Å². The Labute approximate surface area is 208 Å². The number of nitrogens with one attached hydrogen (secondary N) is 2. The molecule has 0 saturated carbocycles. The second-order valence-corrected chi connectivity index (χ2v) is 9.92. The molecular formula is C28H48N2O2S. The highest BCUT2D eigenvalue weighted by Crippen LogP contribution is 2.18. The molecule has 0 fully saturated rings. The van der Waals surface area contributed by atoms with Crippen molar-refractivity contribution in [2.45, 2.75) is 111 Å². The number of hydrogen-bond acceptors (Lipinski definition) is 3. The molecule has 1 rings (SSSR count). The second kappa shape index (κ2) is 19.8. The van der Waals surface area contributed by atoms with E-state index in [9.17, 15) is 4.79 Å². The topological polar surface area (TPSA) is 50.4 Å². The van der Waals surface area contributed by atoms with E-state index in [0.29, 0.717) is 29.0 Å². The maximum absolute atomic E-state index is 12.6. The first-order chi connectivity index (χ1) is 16.0. The van der Waals surface area contributed by atoms with Crippen LogP contribution in [0.4, 0.5) is 0 Å². The number of benzene rings is 1. The smallest absolute Gasteiger partial charge is 0.261 e. The lowest BCUT2D eigenvalue weighted by atomic mass is 10.0. The van der Waals surface area contributed by atoms with Crippen LogP contribution in [-0.2, 0) is 0 Å². The zero-order chi connectivity index (χ0) is 24.2. The fourth-order valence-electron chi connectivity index (χ4n) is 3.77. The second-order valence-electron chi connectivity index (χ2n) is 9.51. The van der Waals surface area contributed by atoms with E-state index in [2.05, 4.69) is 31.4 Å². The van der Waals surface area contributed by atoms with E-state index in [1.165, 1.54) is 83.5 Å². The molecule has 4 nitrogen and oxygen atoms in total. The van der Waals surface area contributed by atoms with Crippen molar-refractivity contribution in [3.05, 3.63) is 29.8 Å². The fraction of sp³-hybridized carbons (Fsp3) is 0.714. The molecule has 0 aromatic heterocycles. The number of para-hydroxylation sites is 1. The molecule has 1 aromatic carbocycles. The lowest BCUT2D eigenvalue weighted by molar-refractivity contribution is 0.0972. The summed E-state index contributed by atoms with van der Waals surface area (Å²) in [5.41, 5.74) is 0.513. The number of ether oxygens (including phenoxy) is 1. The Morgan fingerprint density at radius 2 is 1.36 bits per heavy atom. The molecule has 0 atom stereocenters. The summed E-state index contributed by atoms with van der Waals surface area (Å²) >= 11 is 5.30. The van der Waals surface area contributed by atoms with Crippen molar-refractivity contribution >= 4 is 23.2 Å². The Balaban J connectivity index is 2.03. The third-order valence-corrected chi connectivity index (χ3v) is 5.99. The first kappa shape index (κ1) is 29.4. The van der Waals surface area contributed by atoms with E-state index in [4.69, 9.17) is 17.0 Å². The van der Waals surface area contributed by atoms with Gasteiger partial charge in [0.05, 0.1) is 12.2 Å². The standard InChI is InChI=1S/C28H48N2O2S/c1-4-5-6-7-8-9-10-11-12-13-14-15-16-19-22-29-28(33)30-27(31)25-20-17-18-21-26(25)32-23-24(2)3/h17-18,20-21,24H,4-16,19,22-23H2,1-3H3,(H2,29,30,31,33). The van der Waals surface area contributed by atoms with Gasteiger partial charge in [0.15, 0.2) is 5.11 Å². The van der Waals surface area contributed by atoms with Crippen LogP contribution in [0, 0.1) is 5.92 Å². The van der Waals surface area contributed by atoms with E-state index in [1.54, 1.807) is 6.07 Å². The van der Waals surface area contributed by atoms with Crippen LogP contribution in [0.3, 0.4) is 0 Å². The van der Waals surface area contributed by atoms with Crippen LogP contribution >= 0.6 is 12.2 Å². The largest absolute Gasteiger partial charge is 0.492 e. The molecule has 5 heteroatoms. The van der Waals surface area contributed by atoms with Crippen LogP contribution < -0.4 is 15.4 Å². The van der Waals surface area contributed by atoms with Gasteiger partial charge in [-0.15, -0.1) is 0 Å². The molecule has 0 aliphatic heterocycles.